The SMILES string of the molecule is c1ccc(-c2cccc(N(c3ccccc3)c3cccc(-c4cccc(-c5cc(-c6ccc7oc8ccccc8c7c6)cc(-c6ccc7c(c6)c6ccccc6n7-c6ccccc6)c5)c4)c3)c2)cc1. The van der Waals surface area contributed by atoms with E-state index in [9.17, 15) is 0 Å². The molecule has 0 radical (unpaired) electrons. The molecule has 0 bridgehead atoms. The van der Waals surface area contributed by atoms with Crippen molar-refractivity contribution in [2.75, 3.05) is 4.90 Å². The zero-order valence-electron chi connectivity index (χ0n) is 37.7. The Morgan fingerprint density at radius 1 is 0.246 bits per heavy atom. The number of nitrogens with zero attached hydrogens (tertiary/aromatic N) is 2. The lowest BCUT2D eigenvalue weighted by Gasteiger charge is -2.26. The fraction of sp³-hybridized carbons (Fsp3) is 0. The molecule has 0 N–H and O–H groups in total. The third-order valence-electron chi connectivity index (χ3n) is 13.5. The molecular weight excluding hydrogens is 837 g/mol. The summed E-state index contributed by atoms with van der Waals surface area (Å²) in [4.78, 5) is 2.35. The molecule has 69 heavy (non-hydrogen) atoms. The van der Waals surface area contributed by atoms with E-state index < -0.39 is 0 Å². The van der Waals surface area contributed by atoms with E-state index in [0.717, 1.165) is 89.2 Å². The number of benzene rings is 11. The van der Waals surface area contributed by atoms with Crippen LogP contribution in [0, 0.1) is 0 Å². The Morgan fingerprint density at radius 2 is 0.681 bits per heavy atom. The summed E-state index contributed by atoms with van der Waals surface area (Å²) in [6, 6.07) is 96.3. The van der Waals surface area contributed by atoms with Crippen LogP contribution in [0.5, 0.6) is 0 Å². The van der Waals surface area contributed by atoms with Crippen molar-refractivity contribution in [2.45, 2.75) is 0 Å². The number of hydrogen-bond acceptors (Lipinski definition) is 2. The minimum absolute atomic E-state index is 0.890. The van der Waals surface area contributed by atoms with Crippen molar-refractivity contribution in [1.82, 2.24) is 4.57 Å². The lowest BCUT2D eigenvalue weighted by atomic mass is 9.91. The molecule has 324 valence electrons. The molecule has 0 fully saturated rings. The summed E-state index contributed by atoms with van der Waals surface area (Å²) in [5.41, 5.74) is 20.2. The second-order valence-electron chi connectivity index (χ2n) is 17.7. The van der Waals surface area contributed by atoms with E-state index >= 15 is 0 Å². The van der Waals surface area contributed by atoms with Crippen LogP contribution < -0.4 is 4.90 Å². The molecule has 3 heteroatoms. The Hall–Kier alpha value is -9.18. The van der Waals surface area contributed by atoms with Crippen LogP contribution in [0.2, 0.25) is 0 Å². The molecule has 2 aromatic heterocycles. The third-order valence-corrected chi connectivity index (χ3v) is 13.5. The van der Waals surface area contributed by atoms with Crippen molar-refractivity contribution < 1.29 is 4.42 Å². The van der Waals surface area contributed by atoms with E-state index in [1.165, 1.54) is 32.9 Å². The third kappa shape index (κ3) is 7.34. The summed E-state index contributed by atoms with van der Waals surface area (Å²) in [7, 11) is 0. The maximum absolute atomic E-state index is 6.29. The average molecular weight is 881 g/mol. The first-order valence-electron chi connectivity index (χ1n) is 23.6. The van der Waals surface area contributed by atoms with E-state index in [2.05, 4.69) is 264 Å². The Balaban J connectivity index is 0.944. The molecular formula is C66H44N2O. The first-order valence-corrected chi connectivity index (χ1v) is 23.6. The predicted octanol–water partition coefficient (Wildman–Crippen LogP) is 18.5. The van der Waals surface area contributed by atoms with Crippen molar-refractivity contribution in [3.8, 4) is 61.3 Å². The molecule has 0 spiro atoms. The molecule has 13 aromatic rings. The van der Waals surface area contributed by atoms with Crippen molar-refractivity contribution in [2.24, 2.45) is 0 Å². The van der Waals surface area contributed by atoms with Crippen LogP contribution in [0.4, 0.5) is 17.1 Å². The fourth-order valence-corrected chi connectivity index (χ4v) is 10.2. The quantitative estimate of drug-likeness (QED) is 0.144. The molecule has 0 amide bonds. The van der Waals surface area contributed by atoms with Crippen molar-refractivity contribution in [1.29, 1.82) is 0 Å². The molecule has 0 aliphatic heterocycles. The molecule has 0 aliphatic carbocycles. The zero-order valence-corrected chi connectivity index (χ0v) is 37.7. The van der Waals surface area contributed by atoms with Crippen LogP contribution in [-0.4, -0.2) is 4.57 Å². The summed E-state index contributed by atoms with van der Waals surface area (Å²) in [5.74, 6) is 0. The van der Waals surface area contributed by atoms with Crippen LogP contribution in [0.1, 0.15) is 0 Å². The van der Waals surface area contributed by atoms with Gasteiger partial charge in [0.25, 0.3) is 0 Å². The van der Waals surface area contributed by atoms with Gasteiger partial charge in [-0.15, -0.1) is 0 Å². The van der Waals surface area contributed by atoms with Gasteiger partial charge in [-0.2, -0.15) is 0 Å². The summed E-state index contributed by atoms with van der Waals surface area (Å²) in [6.07, 6.45) is 0. The van der Waals surface area contributed by atoms with Crippen molar-refractivity contribution in [3.63, 3.8) is 0 Å². The predicted molar refractivity (Wildman–Crippen MR) is 290 cm³/mol. The number of para-hydroxylation sites is 4. The first-order chi connectivity index (χ1) is 34.2. The van der Waals surface area contributed by atoms with Gasteiger partial charge in [0, 0.05) is 44.3 Å². The largest absolute Gasteiger partial charge is 0.456 e. The van der Waals surface area contributed by atoms with Crippen molar-refractivity contribution >= 4 is 60.8 Å². The van der Waals surface area contributed by atoms with E-state index in [1.807, 2.05) is 12.1 Å². The van der Waals surface area contributed by atoms with Gasteiger partial charge in [0.15, 0.2) is 0 Å². The Morgan fingerprint density at radius 3 is 1.38 bits per heavy atom. The maximum Gasteiger partial charge on any atom is 0.135 e. The lowest BCUT2D eigenvalue weighted by molar-refractivity contribution is 0.669. The van der Waals surface area contributed by atoms with Crippen LogP contribution in [-0.2, 0) is 0 Å². The number of aromatic nitrogens is 1. The summed E-state index contributed by atoms with van der Waals surface area (Å²) in [5, 5.41) is 4.69. The van der Waals surface area contributed by atoms with E-state index in [1.54, 1.807) is 0 Å². The van der Waals surface area contributed by atoms with Gasteiger partial charge >= 0.3 is 0 Å². The number of anilines is 3. The van der Waals surface area contributed by atoms with Crippen LogP contribution in [0.15, 0.2) is 271 Å². The average Bonchev–Trinajstić information content (AvgIpc) is 3.97. The number of furan rings is 1. The molecule has 3 nitrogen and oxygen atoms in total. The molecule has 0 saturated carbocycles. The first kappa shape index (κ1) is 40.1. The number of hydrogen-bond donors (Lipinski definition) is 0. The molecule has 0 atom stereocenters. The Bertz CT molecular complexity index is 4020. The van der Waals surface area contributed by atoms with E-state index in [0.29, 0.717) is 0 Å². The minimum atomic E-state index is 0.890. The second-order valence-corrected chi connectivity index (χ2v) is 17.7. The summed E-state index contributed by atoms with van der Waals surface area (Å²) < 4.78 is 8.66. The summed E-state index contributed by atoms with van der Waals surface area (Å²) >= 11 is 0. The molecule has 0 aliphatic rings. The highest BCUT2D eigenvalue weighted by Crippen LogP contribution is 2.42. The van der Waals surface area contributed by atoms with Crippen LogP contribution in [0.25, 0.3) is 105 Å². The van der Waals surface area contributed by atoms with Crippen LogP contribution >= 0.6 is 0 Å². The molecule has 0 unspecified atom stereocenters. The van der Waals surface area contributed by atoms with Crippen LogP contribution in [0.3, 0.4) is 0 Å². The zero-order chi connectivity index (χ0) is 45.7. The highest BCUT2D eigenvalue weighted by atomic mass is 16.3. The van der Waals surface area contributed by atoms with Gasteiger partial charge in [-0.25, -0.2) is 0 Å². The van der Waals surface area contributed by atoms with Crippen molar-refractivity contribution in [3.05, 3.63) is 267 Å². The Labute approximate surface area is 401 Å². The second kappa shape index (κ2) is 16.9. The van der Waals surface area contributed by atoms with Gasteiger partial charge in [-0.3, -0.25) is 0 Å². The highest BCUT2D eigenvalue weighted by Gasteiger charge is 2.18. The smallest absolute Gasteiger partial charge is 0.135 e. The molecule has 13 rings (SSSR count). The standard InChI is InChI=1S/C66H44N2O/c1-4-17-45(18-5-1)48-21-15-27-57(41-48)67(55-23-6-2-7-24-55)58-28-16-22-49(42-58)46-19-14-20-47(37-46)52-38-53(40-54(39-52)51-34-36-66-62(44-51)60-30-11-13-32-65(60)69-66)50-33-35-64-61(43-50)59-29-10-12-31-63(59)68(64)56-25-8-3-9-26-56/h1-44H. The van der Waals surface area contributed by atoms with Gasteiger partial charge in [0.2, 0.25) is 0 Å². The van der Waals surface area contributed by atoms with E-state index in [-0.39, 0.29) is 0 Å². The summed E-state index contributed by atoms with van der Waals surface area (Å²) in [6.45, 7) is 0. The molecule has 0 saturated heterocycles. The maximum atomic E-state index is 6.29. The normalized spacial score (nSPS) is 11.5. The lowest BCUT2D eigenvalue weighted by Crippen LogP contribution is -2.10. The van der Waals surface area contributed by atoms with Gasteiger partial charge in [0.05, 0.1) is 11.0 Å². The highest BCUT2D eigenvalue weighted by molar-refractivity contribution is 6.11. The van der Waals surface area contributed by atoms with Gasteiger partial charge in [0.1, 0.15) is 11.2 Å². The van der Waals surface area contributed by atoms with E-state index in [4.69, 9.17) is 4.42 Å². The fourth-order valence-electron chi connectivity index (χ4n) is 10.2. The van der Waals surface area contributed by atoms with Gasteiger partial charge in [-0.05, 0) is 165 Å². The molecule has 11 aromatic carbocycles. The Kier molecular flexibility index (Phi) is 9.84. The monoisotopic (exact) mass is 880 g/mol. The van der Waals surface area contributed by atoms with Gasteiger partial charge < -0.3 is 13.9 Å². The number of fused-ring (bicyclic) bond motifs is 6. The molecule has 2 heterocycles. The number of rotatable bonds is 9. The topological polar surface area (TPSA) is 21.3 Å². The minimum Gasteiger partial charge on any atom is -0.456 e. The van der Waals surface area contributed by atoms with Gasteiger partial charge in [-0.1, -0.05) is 158 Å².